The predicted octanol–water partition coefficient (Wildman–Crippen LogP) is 3.96. The van der Waals surface area contributed by atoms with Gasteiger partial charge in [-0.05, 0) is 46.8 Å². The Bertz CT molecular complexity index is 1380. The maximum atomic E-state index is 13.2. The van der Waals surface area contributed by atoms with Gasteiger partial charge in [0.2, 0.25) is 5.95 Å². The molecule has 0 spiro atoms. The number of fused-ring (bicyclic) bond motifs is 1. The van der Waals surface area contributed by atoms with Crippen LogP contribution < -0.4 is 4.90 Å². The molecule has 164 valence electrons. The molecule has 0 aliphatic carbocycles. The molecule has 0 radical (unpaired) electrons. The average Bonchev–Trinajstić information content (AvgIpc) is 3.63. The Morgan fingerprint density at radius 1 is 0.848 bits per heavy atom. The molecule has 0 bridgehead atoms. The first kappa shape index (κ1) is 20.0. The molecule has 5 aromatic rings. The first-order chi connectivity index (χ1) is 16.3. The molecule has 1 amide bonds. The van der Waals surface area contributed by atoms with Crippen LogP contribution in [0.1, 0.15) is 9.67 Å². The predicted molar refractivity (Wildman–Crippen MR) is 130 cm³/mol. The summed E-state index contributed by atoms with van der Waals surface area (Å²) in [6, 6.07) is 21.8. The number of carbonyl (C=O) groups excluding carboxylic acids is 1. The Morgan fingerprint density at radius 3 is 2.45 bits per heavy atom. The van der Waals surface area contributed by atoms with E-state index < -0.39 is 0 Å². The minimum absolute atomic E-state index is 0.0645. The summed E-state index contributed by atoms with van der Waals surface area (Å²) in [5.41, 5.74) is 1.91. The van der Waals surface area contributed by atoms with E-state index in [0.29, 0.717) is 32.1 Å². The maximum Gasteiger partial charge on any atom is 0.264 e. The molecule has 1 saturated heterocycles. The minimum atomic E-state index is 0.0645. The highest BCUT2D eigenvalue weighted by atomic mass is 32.1. The molecule has 6 rings (SSSR count). The number of amides is 1. The van der Waals surface area contributed by atoms with Crippen molar-refractivity contribution in [3.8, 4) is 15.6 Å². The Labute approximate surface area is 197 Å². The van der Waals surface area contributed by atoms with Gasteiger partial charge in [-0.1, -0.05) is 35.4 Å². The maximum absolute atomic E-state index is 13.2. The fourth-order valence-electron chi connectivity index (χ4n) is 3.93. The van der Waals surface area contributed by atoms with E-state index in [-0.39, 0.29) is 5.91 Å². The molecule has 1 aliphatic heterocycles. The molecular formula is C23H19N7OS2. The Hall–Kier alpha value is -3.63. The largest absolute Gasteiger partial charge is 0.336 e. The number of hydrogen-bond donors (Lipinski definition) is 0. The number of tetrazole rings is 1. The van der Waals surface area contributed by atoms with Gasteiger partial charge >= 0.3 is 0 Å². The summed E-state index contributed by atoms with van der Waals surface area (Å²) >= 11 is 3.16. The van der Waals surface area contributed by atoms with Crippen molar-refractivity contribution in [2.45, 2.75) is 0 Å². The van der Waals surface area contributed by atoms with Gasteiger partial charge in [0.15, 0.2) is 0 Å². The summed E-state index contributed by atoms with van der Waals surface area (Å²) in [5, 5.41) is 13.2. The van der Waals surface area contributed by atoms with E-state index in [0.717, 1.165) is 30.7 Å². The summed E-state index contributed by atoms with van der Waals surface area (Å²) in [5.74, 6) is 0.761. The quantitative estimate of drug-likeness (QED) is 0.393. The first-order valence-corrected chi connectivity index (χ1v) is 12.2. The number of nitrogens with zero attached hydrogens (tertiary/aromatic N) is 7. The highest BCUT2D eigenvalue weighted by Crippen LogP contribution is 2.35. The summed E-state index contributed by atoms with van der Waals surface area (Å²) < 4.78 is 2.89. The lowest BCUT2D eigenvalue weighted by atomic mass is 10.3. The van der Waals surface area contributed by atoms with E-state index in [1.54, 1.807) is 16.0 Å². The molecular weight excluding hydrogens is 454 g/mol. The fourth-order valence-corrected chi connectivity index (χ4v) is 5.92. The number of thiazole rings is 1. The van der Waals surface area contributed by atoms with E-state index in [1.807, 2.05) is 65.6 Å². The summed E-state index contributed by atoms with van der Waals surface area (Å²) in [7, 11) is 0. The first-order valence-electron chi connectivity index (χ1n) is 10.6. The van der Waals surface area contributed by atoms with Gasteiger partial charge in [0.1, 0.15) is 5.01 Å². The number of piperazine rings is 1. The second-order valence-electron chi connectivity index (χ2n) is 7.66. The number of carbonyl (C=O) groups is 1. The van der Waals surface area contributed by atoms with Gasteiger partial charge < -0.3 is 9.80 Å². The second-order valence-corrected chi connectivity index (χ2v) is 9.77. The number of para-hydroxylation sites is 2. The molecule has 1 aliphatic rings. The van der Waals surface area contributed by atoms with Gasteiger partial charge in [-0.25, -0.2) is 4.98 Å². The normalized spacial score (nSPS) is 14.2. The van der Waals surface area contributed by atoms with E-state index in [9.17, 15) is 4.79 Å². The Kier molecular flexibility index (Phi) is 5.08. The van der Waals surface area contributed by atoms with Crippen molar-refractivity contribution in [3.05, 3.63) is 71.6 Å². The van der Waals surface area contributed by atoms with Gasteiger partial charge in [0, 0.05) is 26.2 Å². The molecule has 8 nitrogen and oxygen atoms in total. The zero-order valence-electron chi connectivity index (χ0n) is 17.5. The molecule has 4 heterocycles. The van der Waals surface area contributed by atoms with Crippen LogP contribution in [0.3, 0.4) is 0 Å². The molecule has 0 N–H and O–H groups in total. The van der Waals surface area contributed by atoms with Crippen LogP contribution in [-0.2, 0) is 0 Å². The van der Waals surface area contributed by atoms with Gasteiger partial charge in [-0.2, -0.15) is 4.68 Å². The number of hydrogen-bond acceptors (Lipinski definition) is 8. The molecule has 1 fully saturated rings. The minimum Gasteiger partial charge on any atom is -0.336 e. The zero-order valence-corrected chi connectivity index (χ0v) is 19.2. The van der Waals surface area contributed by atoms with Crippen LogP contribution in [0, 0.1) is 0 Å². The van der Waals surface area contributed by atoms with Crippen LogP contribution in [0.25, 0.3) is 25.8 Å². The molecule has 0 unspecified atom stereocenters. The smallest absolute Gasteiger partial charge is 0.264 e. The van der Waals surface area contributed by atoms with Crippen LogP contribution >= 0.6 is 22.7 Å². The monoisotopic (exact) mass is 473 g/mol. The van der Waals surface area contributed by atoms with Gasteiger partial charge in [0.25, 0.3) is 5.91 Å². The number of anilines is 1. The van der Waals surface area contributed by atoms with Crippen LogP contribution in [0.5, 0.6) is 0 Å². The van der Waals surface area contributed by atoms with Crippen molar-refractivity contribution in [2.75, 3.05) is 31.1 Å². The molecule has 3 aromatic heterocycles. The number of rotatable bonds is 4. The molecule has 0 atom stereocenters. The highest BCUT2D eigenvalue weighted by Gasteiger charge is 2.26. The van der Waals surface area contributed by atoms with Crippen molar-refractivity contribution in [1.82, 2.24) is 30.1 Å². The summed E-state index contributed by atoms with van der Waals surface area (Å²) in [6.07, 6.45) is 0. The van der Waals surface area contributed by atoms with Crippen molar-refractivity contribution in [2.24, 2.45) is 0 Å². The third kappa shape index (κ3) is 3.77. The van der Waals surface area contributed by atoms with E-state index in [2.05, 4.69) is 26.5 Å². The van der Waals surface area contributed by atoms with Crippen molar-refractivity contribution in [3.63, 3.8) is 0 Å². The van der Waals surface area contributed by atoms with Gasteiger partial charge in [-0.15, -0.1) is 22.7 Å². The highest BCUT2D eigenvalue weighted by molar-refractivity contribution is 7.26. The topological polar surface area (TPSA) is 80.0 Å². The Morgan fingerprint density at radius 2 is 1.64 bits per heavy atom. The molecule has 2 aromatic carbocycles. The fraction of sp³-hybridized carbons (Fsp3) is 0.174. The van der Waals surface area contributed by atoms with Gasteiger partial charge in [-0.3, -0.25) is 4.79 Å². The third-order valence-electron chi connectivity index (χ3n) is 5.62. The summed E-state index contributed by atoms with van der Waals surface area (Å²) in [6.45, 7) is 2.59. The van der Waals surface area contributed by atoms with E-state index in [1.165, 1.54) is 11.3 Å². The standard InChI is InChI=1S/C23H19N7OS2/c31-22(20-11-10-19(32-20)21-24-17-8-4-5-9-18(17)33-21)28-12-14-29(15-13-28)23-25-26-27-30(23)16-6-2-1-3-7-16/h1-11H,12-15H2. The average molecular weight is 474 g/mol. The zero-order chi connectivity index (χ0) is 22.2. The van der Waals surface area contributed by atoms with Crippen LogP contribution in [0.15, 0.2) is 66.7 Å². The van der Waals surface area contributed by atoms with Crippen LogP contribution in [0.2, 0.25) is 0 Å². The molecule has 33 heavy (non-hydrogen) atoms. The Balaban J connectivity index is 1.15. The number of benzene rings is 2. The van der Waals surface area contributed by atoms with E-state index >= 15 is 0 Å². The van der Waals surface area contributed by atoms with Crippen molar-refractivity contribution < 1.29 is 4.79 Å². The second kappa shape index (κ2) is 8.38. The SMILES string of the molecule is O=C(c1ccc(-c2nc3ccccc3s2)s1)N1CCN(c2nnnn2-c2ccccc2)CC1. The third-order valence-corrected chi connectivity index (χ3v) is 7.90. The van der Waals surface area contributed by atoms with Crippen LogP contribution in [-0.4, -0.2) is 62.2 Å². The molecule has 0 saturated carbocycles. The van der Waals surface area contributed by atoms with Gasteiger partial charge in [0.05, 0.1) is 25.7 Å². The lowest BCUT2D eigenvalue weighted by molar-refractivity contribution is 0.0751. The number of thiophene rings is 1. The van der Waals surface area contributed by atoms with Crippen molar-refractivity contribution in [1.29, 1.82) is 0 Å². The number of aromatic nitrogens is 5. The summed E-state index contributed by atoms with van der Waals surface area (Å²) in [4.78, 5) is 23.7. The molecule has 10 heteroatoms. The van der Waals surface area contributed by atoms with Crippen molar-refractivity contribution >= 4 is 44.7 Å². The lowest BCUT2D eigenvalue weighted by Crippen LogP contribution is -2.49. The van der Waals surface area contributed by atoms with Crippen LogP contribution in [0.4, 0.5) is 5.95 Å². The van der Waals surface area contributed by atoms with E-state index in [4.69, 9.17) is 4.98 Å². The lowest BCUT2D eigenvalue weighted by Gasteiger charge is -2.34.